The highest BCUT2D eigenvalue weighted by Gasteiger charge is 2.30. The van der Waals surface area contributed by atoms with E-state index < -0.39 is 0 Å². The van der Waals surface area contributed by atoms with Crippen LogP contribution in [0.4, 0.5) is 0 Å². The summed E-state index contributed by atoms with van der Waals surface area (Å²) in [4.78, 5) is 5.60. The number of likely N-dealkylation sites (tertiary alicyclic amines) is 1. The van der Waals surface area contributed by atoms with Crippen molar-refractivity contribution in [2.45, 2.75) is 50.6 Å². The smallest absolute Gasteiger partial charge is 0.233 e. The van der Waals surface area contributed by atoms with Crippen molar-refractivity contribution in [2.24, 2.45) is 0 Å². The number of hydrogen-bond acceptors (Lipinski definition) is 5. The van der Waals surface area contributed by atoms with Gasteiger partial charge in [0.15, 0.2) is 0 Å². The van der Waals surface area contributed by atoms with Gasteiger partial charge >= 0.3 is 0 Å². The van der Waals surface area contributed by atoms with Crippen LogP contribution in [0.2, 0.25) is 0 Å². The Labute approximate surface area is 136 Å². The second kappa shape index (κ2) is 6.84. The summed E-state index contributed by atoms with van der Waals surface area (Å²) in [6, 6.07) is 2.38. The molecule has 2 aliphatic heterocycles. The van der Waals surface area contributed by atoms with Crippen LogP contribution in [0.25, 0.3) is 0 Å². The third-order valence-corrected chi connectivity index (χ3v) is 4.97. The van der Waals surface area contributed by atoms with Crippen molar-refractivity contribution in [2.75, 3.05) is 19.8 Å². The Kier molecular flexibility index (Phi) is 4.43. The zero-order valence-electron chi connectivity index (χ0n) is 13.4. The van der Waals surface area contributed by atoms with Gasteiger partial charge in [-0.1, -0.05) is 6.42 Å². The molecule has 0 aromatic carbocycles. The van der Waals surface area contributed by atoms with Gasteiger partial charge in [0.05, 0.1) is 6.04 Å². The number of rotatable bonds is 4. The van der Waals surface area contributed by atoms with Gasteiger partial charge in [-0.2, -0.15) is 0 Å². The van der Waals surface area contributed by atoms with Crippen molar-refractivity contribution in [1.29, 1.82) is 0 Å². The molecule has 0 spiro atoms. The molecule has 2 aliphatic rings. The monoisotopic (exact) mass is 316 g/mol. The van der Waals surface area contributed by atoms with E-state index in [1.165, 1.54) is 18.4 Å². The van der Waals surface area contributed by atoms with Gasteiger partial charge in [0.1, 0.15) is 0 Å². The fraction of sp³-hybridized carbons (Fsp3) is 0.647. The van der Waals surface area contributed by atoms with Crippen molar-refractivity contribution in [3.63, 3.8) is 0 Å². The molecule has 0 amide bonds. The third kappa shape index (κ3) is 3.33. The maximum atomic E-state index is 6.08. The van der Waals surface area contributed by atoms with E-state index in [0.717, 1.165) is 57.3 Å². The highest BCUT2D eigenvalue weighted by molar-refractivity contribution is 5.09. The van der Waals surface area contributed by atoms with E-state index in [4.69, 9.17) is 9.15 Å². The average Bonchev–Trinajstić information content (AvgIpc) is 3.28. The summed E-state index contributed by atoms with van der Waals surface area (Å²) in [5, 5.41) is 8.73. The molecule has 0 radical (unpaired) electrons. The predicted octanol–water partition coefficient (Wildman–Crippen LogP) is 3.02. The molecule has 6 heteroatoms. The summed E-state index contributed by atoms with van der Waals surface area (Å²) in [5.74, 6) is 1.96. The van der Waals surface area contributed by atoms with Crippen molar-refractivity contribution in [3.05, 3.63) is 35.8 Å². The van der Waals surface area contributed by atoms with Crippen LogP contribution < -0.4 is 0 Å². The van der Waals surface area contributed by atoms with Gasteiger partial charge in [-0.25, -0.2) is 0 Å². The van der Waals surface area contributed by atoms with Crippen LogP contribution in [0.3, 0.4) is 0 Å². The fourth-order valence-corrected chi connectivity index (χ4v) is 3.64. The molecule has 2 aromatic rings. The lowest BCUT2D eigenvalue weighted by Gasteiger charge is -2.33. The van der Waals surface area contributed by atoms with Gasteiger partial charge in [-0.05, 0) is 43.9 Å². The molecule has 2 aromatic heterocycles. The second-order valence-corrected chi connectivity index (χ2v) is 6.57. The number of aromatic nitrogens is 3. The lowest BCUT2D eigenvalue weighted by molar-refractivity contribution is 0.0768. The van der Waals surface area contributed by atoms with E-state index in [1.54, 1.807) is 0 Å². The number of nitrogens with one attached hydrogen (secondary N) is 1. The Hall–Kier alpha value is -1.66. The Morgan fingerprint density at radius 2 is 2.00 bits per heavy atom. The topological polar surface area (TPSA) is 67.2 Å². The molecule has 6 nitrogen and oxygen atoms in total. The number of hydrogen-bond donors (Lipinski definition) is 1. The van der Waals surface area contributed by atoms with Crippen LogP contribution in [0.1, 0.15) is 61.4 Å². The van der Waals surface area contributed by atoms with E-state index in [0.29, 0.717) is 5.92 Å². The minimum absolute atomic E-state index is 0.250. The largest absolute Gasteiger partial charge is 0.423 e. The van der Waals surface area contributed by atoms with Gasteiger partial charge in [-0.15, -0.1) is 10.2 Å². The van der Waals surface area contributed by atoms with Gasteiger partial charge in [0, 0.05) is 38.1 Å². The van der Waals surface area contributed by atoms with Crippen LogP contribution >= 0.6 is 0 Å². The van der Waals surface area contributed by atoms with Gasteiger partial charge < -0.3 is 14.1 Å². The zero-order chi connectivity index (χ0) is 15.5. The van der Waals surface area contributed by atoms with Crippen LogP contribution in [0, 0.1) is 0 Å². The van der Waals surface area contributed by atoms with Crippen LogP contribution in [-0.4, -0.2) is 39.8 Å². The van der Waals surface area contributed by atoms with Gasteiger partial charge in [0.2, 0.25) is 11.8 Å². The molecule has 1 N–H and O–H groups in total. The molecule has 2 saturated heterocycles. The Bertz CT molecular complexity index is 604. The average molecular weight is 316 g/mol. The molecule has 0 saturated carbocycles. The van der Waals surface area contributed by atoms with Crippen molar-refractivity contribution in [1.82, 2.24) is 20.1 Å². The minimum atomic E-state index is 0.250. The molecule has 23 heavy (non-hydrogen) atoms. The van der Waals surface area contributed by atoms with Crippen molar-refractivity contribution < 1.29 is 9.15 Å². The maximum absolute atomic E-state index is 6.08. The van der Waals surface area contributed by atoms with E-state index in [2.05, 4.69) is 32.3 Å². The lowest BCUT2D eigenvalue weighted by atomic mass is 10.0. The highest BCUT2D eigenvalue weighted by Crippen LogP contribution is 2.33. The van der Waals surface area contributed by atoms with E-state index >= 15 is 0 Å². The van der Waals surface area contributed by atoms with E-state index in [1.807, 2.05) is 6.20 Å². The summed E-state index contributed by atoms with van der Waals surface area (Å²) >= 11 is 0. The van der Waals surface area contributed by atoms with E-state index in [9.17, 15) is 0 Å². The summed E-state index contributed by atoms with van der Waals surface area (Å²) < 4.78 is 11.5. The maximum Gasteiger partial charge on any atom is 0.233 e. The molecular formula is C17H24N4O2. The summed E-state index contributed by atoms with van der Waals surface area (Å²) in [6.45, 7) is 3.62. The number of aromatic amines is 1. The Morgan fingerprint density at radius 1 is 1.13 bits per heavy atom. The molecule has 4 heterocycles. The number of ether oxygens (including phenoxy) is 1. The third-order valence-electron chi connectivity index (χ3n) is 4.97. The number of piperidine rings is 1. The number of nitrogens with zero attached hydrogens (tertiary/aromatic N) is 3. The Balaban J connectivity index is 1.49. The molecule has 1 atom stereocenters. The van der Waals surface area contributed by atoms with Crippen LogP contribution in [0.5, 0.6) is 0 Å². The lowest BCUT2D eigenvalue weighted by Crippen LogP contribution is -2.33. The molecule has 0 bridgehead atoms. The Morgan fingerprint density at radius 3 is 2.83 bits per heavy atom. The summed E-state index contributed by atoms with van der Waals surface area (Å²) in [7, 11) is 0. The zero-order valence-corrected chi connectivity index (χ0v) is 13.4. The molecule has 124 valence electrons. The minimum Gasteiger partial charge on any atom is -0.423 e. The molecule has 1 unspecified atom stereocenters. The van der Waals surface area contributed by atoms with Crippen LogP contribution in [0.15, 0.2) is 22.9 Å². The van der Waals surface area contributed by atoms with Crippen LogP contribution in [-0.2, 0) is 11.3 Å². The van der Waals surface area contributed by atoms with Crippen molar-refractivity contribution in [3.8, 4) is 0 Å². The first-order chi connectivity index (χ1) is 11.4. The first-order valence-electron chi connectivity index (χ1n) is 8.67. The molecule has 4 rings (SSSR count). The first-order valence-corrected chi connectivity index (χ1v) is 8.67. The van der Waals surface area contributed by atoms with Gasteiger partial charge in [0.25, 0.3) is 0 Å². The fourth-order valence-electron chi connectivity index (χ4n) is 3.64. The quantitative estimate of drug-likeness (QED) is 0.939. The highest BCUT2D eigenvalue weighted by atomic mass is 16.5. The van der Waals surface area contributed by atoms with E-state index in [-0.39, 0.29) is 6.04 Å². The summed E-state index contributed by atoms with van der Waals surface area (Å²) in [5.41, 5.74) is 1.31. The normalized spacial score (nSPS) is 24.1. The van der Waals surface area contributed by atoms with Crippen molar-refractivity contribution >= 4 is 0 Å². The number of H-pyrrole nitrogens is 1. The predicted molar refractivity (Wildman–Crippen MR) is 84.9 cm³/mol. The standard InChI is InChI=1S/C17H24N4O2/c1-2-8-21(12-13-4-7-18-11-13)15(3-1)17-20-19-16(23-17)14-5-9-22-10-6-14/h4,7,11,14-15,18H,1-3,5-6,8-10,12H2. The second-order valence-electron chi connectivity index (χ2n) is 6.57. The first kappa shape index (κ1) is 14.9. The molecule has 0 aliphatic carbocycles. The SMILES string of the molecule is c1cc(CN2CCCCC2c2nnc(C3CCOCC3)o2)c[nH]1. The molecule has 2 fully saturated rings. The summed E-state index contributed by atoms with van der Waals surface area (Å²) in [6.07, 6.45) is 9.57. The molecular weight excluding hydrogens is 292 g/mol. The van der Waals surface area contributed by atoms with Gasteiger partial charge in [-0.3, -0.25) is 4.90 Å².